The molecule has 0 bridgehead atoms. The lowest BCUT2D eigenvalue weighted by molar-refractivity contribution is 0.864. The largest absolute Gasteiger partial charge is 0.320 e. The van der Waals surface area contributed by atoms with Crippen molar-refractivity contribution in [3.63, 3.8) is 0 Å². The molecule has 0 aromatic heterocycles. The van der Waals surface area contributed by atoms with Gasteiger partial charge >= 0.3 is 0 Å². The molecule has 0 aliphatic rings. The molecule has 0 saturated heterocycles. The minimum absolute atomic E-state index is 1.07. The molecule has 0 saturated carbocycles. The van der Waals surface area contributed by atoms with Crippen LogP contribution in [0.2, 0.25) is 0 Å². The topological polar surface area (TPSA) is 41.3 Å². The summed E-state index contributed by atoms with van der Waals surface area (Å²) in [6.45, 7) is 11.3. The molecule has 3 N–H and O–H groups in total. The van der Waals surface area contributed by atoms with Crippen LogP contribution in [0.5, 0.6) is 0 Å². The minimum Gasteiger partial charge on any atom is -0.320 e. The number of aryl methyl sites for hydroxylation is 2. The Morgan fingerprint density at radius 2 is 1.53 bits per heavy atom. The molecule has 0 radical (unpaired) electrons. The van der Waals surface area contributed by atoms with E-state index in [0.717, 1.165) is 12.2 Å². The maximum atomic E-state index is 5.65. The second-order valence-electron chi connectivity index (χ2n) is 3.56. The van der Waals surface area contributed by atoms with Crippen molar-refractivity contribution in [2.24, 2.45) is 5.84 Å². The molecule has 17 heavy (non-hydrogen) atoms. The number of hydrazine groups is 1. The first-order valence-corrected chi connectivity index (χ1v) is 6.23. The fraction of sp³-hybridized carbons (Fsp3) is 0.571. The number of hydrogen-bond acceptors (Lipinski definition) is 3. The molecule has 0 spiro atoms. The Hall–Kier alpha value is -1.06. The highest BCUT2D eigenvalue weighted by atomic mass is 15.4. The first-order chi connectivity index (χ1) is 8.04. The van der Waals surface area contributed by atoms with Crippen molar-refractivity contribution in [1.29, 1.82) is 0 Å². The highest BCUT2D eigenvalue weighted by Crippen LogP contribution is 2.20. The third-order valence-electron chi connectivity index (χ3n) is 2.15. The van der Waals surface area contributed by atoms with Gasteiger partial charge in [-0.25, -0.2) is 5.84 Å². The molecule has 3 heteroatoms. The standard InChI is InChI=1S/C9H14N2.C3H9N.C2H6/c1-7-5-4-6-8(2)9(7)11(3)10;1-3-4-2;1-2/h4-6H,10H2,1-3H3;4H,3H2,1-2H3;1-2H3. The molecule has 1 aromatic rings. The first-order valence-electron chi connectivity index (χ1n) is 6.23. The van der Waals surface area contributed by atoms with Crippen LogP contribution in [0.3, 0.4) is 0 Å². The van der Waals surface area contributed by atoms with Crippen LogP contribution >= 0.6 is 0 Å². The summed E-state index contributed by atoms with van der Waals surface area (Å²) in [7, 11) is 3.79. The lowest BCUT2D eigenvalue weighted by Crippen LogP contribution is -2.26. The van der Waals surface area contributed by atoms with Crippen molar-refractivity contribution >= 4 is 5.69 Å². The third-order valence-corrected chi connectivity index (χ3v) is 2.15. The summed E-state index contributed by atoms with van der Waals surface area (Å²) in [5.41, 5.74) is 3.55. The van der Waals surface area contributed by atoms with Gasteiger partial charge in [0.1, 0.15) is 0 Å². The van der Waals surface area contributed by atoms with Crippen molar-refractivity contribution in [3.05, 3.63) is 29.3 Å². The molecule has 1 aromatic carbocycles. The number of benzene rings is 1. The molecule has 0 heterocycles. The minimum atomic E-state index is 1.07. The highest BCUT2D eigenvalue weighted by molar-refractivity contribution is 5.57. The average molecular weight is 239 g/mol. The Kier molecular flexibility index (Phi) is 12.3. The van der Waals surface area contributed by atoms with E-state index in [1.165, 1.54) is 11.1 Å². The molecule has 1 rings (SSSR count). The van der Waals surface area contributed by atoms with Crippen LogP contribution < -0.4 is 16.2 Å². The molecule has 0 aliphatic carbocycles. The van der Waals surface area contributed by atoms with E-state index in [4.69, 9.17) is 5.84 Å². The molecule has 0 aliphatic heterocycles. The second kappa shape index (κ2) is 11.4. The summed E-state index contributed by atoms with van der Waals surface area (Å²) in [5, 5.41) is 4.59. The normalized spacial score (nSPS) is 8.47. The van der Waals surface area contributed by atoms with Crippen molar-refractivity contribution in [3.8, 4) is 0 Å². The van der Waals surface area contributed by atoms with Crippen LogP contribution in [0.25, 0.3) is 0 Å². The van der Waals surface area contributed by atoms with E-state index < -0.39 is 0 Å². The van der Waals surface area contributed by atoms with Gasteiger partial charge < -0.3 is 10.3 Å². The van der Waals surface area contributed by atoms with E-state index in [2.05, 4.69) is 38.2 Å². The van der Waals surface area contributed by atoms with Gasteiger partial charge in [-0.3, -0.25) is 0 Å². The summed E-state index contributed by atoms with van der Waals surface area (Å²) >= 11 is 0. The van der Waals surface area contributed by atoms with Crippen molar-refractivity contribution < 1.29 is 0 Å². The van der Waals surface area contributed by atoms with Gasteiger partial charge in [0.2, 0.25) is 0 Å². The Bertz CT molecular complexity index is 261. The van der Waals surface area contributed by atoms with Crippen LogP contribution in [0.4, 0.5) is 5.69 Å². The highest BCUT2D eigenvalue weighted by Gasteiger charge is 2.02. The smallest absolute Gasteiger partial charge is 0.0572 e. The molecule has 0 fully saturated rings. The number of nitrogens with one attached hydrogen (secondary N) is 1. The van der Waals surface area contributed by atoms with Crippen LogP contribution in [-0.2, 0) is 0 Å². The fourth-order valence-electron chi connectivity index (χ4n) is 1.36. The average Bonchev–Trinajstić information content (AvgIpc) is 2.31. The summed E-state index contributed by atoms with van der Waals surface area (Å²) in [4.78, 5) is 0. The van der Waals surface area contributed by atoms with E-state index in [1.807, 2.05) is 34.0 Å². The van der Waals surface area contributed by atoms with Gasteiger partial charge in [0.15, 0.2) is 0 Å². The van der Waals surface area contributed by atoms with Crippen molar-refractivity contribution in [2.45, 2.75) is 34.6 Å². The predicted octanol–water partition coefficient (Wildman–Crippen LogP) is 2.87. The van der Waals surface area contributed by atoms with Gasteiger partial charge in [-0.15, -0.1) is 0 Å². The van der Waals surface area contributed by atoms with Crippen LogP contribution in [-0.4, -0.2) is 20.6 Å². The van der Waals surface area contributed by atoms with Crippen LogP contribution in [0, 0.1) is 13.8 Å². The lowest BCUT2D eigenvalue weighted by Gasteiger charge is -2.17. The number of hydrogen-bond donors (Lipinski definition) is 2. The Morgan fingerprint density at radius 3 is 1.71 bits per heavy atom. The molecule has 0 amide bonds. The summed E-state index contributed by atoms with van der Waals surface area (Å²) in [5.74, 6) is 5.65. The summed E-state index contributed by atoms with van der Waals surface area (Å²) in [6, 6.07) is 6.16. The number of anilines is 1. The Balaban J connectivity index is 0. The zero-order valence-electron chi connectivity index (χ0n) is 12.5. The van der Waals surface area contributed by atoms with Gasteiger partial charge in [-0.2, -0.15) is 0 Å². The van der Waals surface area contributed by atoms with Gasteiger partial charge in [-0.1, -0.05) is 39.0 Å². The fourth-order valence-corrected chi connectivity index (χ4v) is 1.36. The maximum absolute atomic E-state index is 5.65. The van der Waals surface area contributed by atoms with Crippen LogP contribution in [0.15, 0.2) is 18.2 Å². The Morgan fingerprint density at radius 1 is 1.18 bits per heavy atom. The molecular formula is C14H29N3. The quantitative estimate of drug-likeness (QED) is 0.616. The van der Waals surface area contributed by atoms with Crippen LogP contribution in [0.1, 0.15) is 31.9 Å². The number of nitrogens with two attached hydrogens (primary N) is 1. The number of nitrogens with zero attached hydrogens (tertiary/aromatic N) is 1. The SMILES string of the molecule is CC.CCNC.Cc1cccc(C)c1N(C)N. The van der Waals surface area contributed by atoms with Gasteiger partial charge in [0.05, 0.1) is 5.69 Å². The predicted molar refractivity (Wildman–Crippen MR) is 79.5 cm³/mol. The molecular weight excluding hydrogens is 210 g/mol. The van der Waals surface area contributed by atoms with E-state index >= 15 is 0 Å². The monoisotopic (exact) mass is 239 g/mol. The Labute approximate surface area is 107 Å². The van der Waals surface area contributed by atoms with Crippen molar-refractivity contribution in [2.75, 3.05) is 25.6 Å². The first kappa shape index (κ1) is 18.3. The summed E-state index contributed by atoms with van der Waals surface area (Å²) in [6.07, 6.45) is 0. The van der Waals surface area contributed by atoms with Crippen molar-refractivity contribution in [1.82, 2.24) is 5.32 Å². The molecule has 3 nitrogen and oxygen atoms in total. The second-order valence-corrected chi connectivity index (χ2v) is 3.56. The van der Waals surface area contributed by atoms with E-state index in [9.17, 15) is 0 Å². The zero-order valence-corrected chi connectivity index (χ0v) is 12.5. The van der Waals surface area contributed by atoms with Gasteiger partial charge in [0.25, 0.3) is 0 Å². The molecule has 100 valence electrons. The summed E-state index contributed by atoms with van der Waals surface area (Å²) < 4.78 is 0. The van der Waals surface area contributed by atoms with E-state index in [0.29, 0.717) is 0 Å². The molecule has 0 unspecified atom stereocenters. The van der Waals surface area contributed by atoms with Gasteiger partial charge in [-0.05, 0) is 38.6 Å². The number of para-hydroxylation sites is 1. The van der Waals surface area contributed by atoms with E-state index in [-0.39, 0.29) is 0 Å². The molecule has 0 atom stereocenters. The lowest BCUT2D eigenvalue weighted by atomic mass is 10.1. The zero-order chi connectivity index (χ0) is 13.8. The van der Waals surface area contributed by atoms with E-state index in [1.54, 1.807) is 5.01 Å². The van der Waals surface area contributed by atoms with Gasteiger partial charge in [0, 0.05) is 7.05 Å². The maximum Gasteiger partial charge on any atom is 0.0572 e. The number of rotatable bonds is 2. The third kappa shape index (κ3) is 7.77.